The predicted octanol–water partition coefficient (Wildman–Crippen LogP) is 5.34. The normalized spacial score (nSPS) is 12.6. The highest BCUT2D eigenvalue weighted by Gasteiger charge is 2.21. The molecule has 0 bridgehead atoms. The fraction of sp³-hybridized carbons (Fsp3) is 0.200. The Balaban J connectivity index is 2.06. The summed E-state index contributed by atoms with van der Waals surface area (Å²) in [5.74, 6) is 0. The molecule has 0 saturated carbocycles. The zero-order valence-electron chi connectivity index (χ0n) is 12.2. The van der Waals surface area contributed by atoms with Gasteiger partial charge in [-0.05, 0) is 83.0 Å². The number of fused-ring (bicyclic) bond motifs is 4. The largest absolute Gasteiger partial charge is 0.0614 e. The molecule has 0 N–H and O–H groups in total. The molecule has 1 aliphatic rings. The second-order valence-corrected chi connectivity index (χ2v) is 6.02. The van der Waals surface area contributed by atoms with Crippen LogP contribution in [0.1, 0.15) is 27.8 Å². The lowest BCUT2D eigenvalue weighted by atomic mass is 9.96. The summed E-state index contributed by atoms with van der Waals surface area (Å²) in [6, 6.07) is 15.9. The molecule has 1 aliphatic carbocycles. The first-order chi connectivity index (χ1) is 9.65. The van der Waals surface area contributed by atoms with Crippen LogP contribution in [0.25, 0.3) is 21.9 Å². The first-order valence-corrected chi connectivity index (χ1v) is 7.27. The van der Waals surface area contributed by atoms with Gasteiger partial charge in [0.05, 0.1) is 0 Å². The van der Waals surface area contributed by atoms with Gasteiger partial charge in [0.25, 0.3) is 0 Å². The van der Waals surface area contributed by atoms with Gasteiger partial charge in [0, 0.05) is 0 Å². The SMILES string of the molecule is Cc1ccc2c(c1C)Cc1cc3cccc(C)c3cc1-2. The van der Waals surface area contributed by atoms with E-state index in [0.29, 0.717) is 0 Å². The van der Waals surface area contributed by atoms with Crippen LogP contribution < -0.4 is 0 Å². The lowest BCUT2D eigenvalue weighted by molar-refractivity contribution is 1.19. The van der Waals surface area contributed by atoms with Crippen LogP contribution in [0, 0.1) is 20.8 Å². The van der Waals surface area contributed by atoms with Gasteiger partial charge in [-0.25, -0.2) is 0 Å². The van der Waals surface area contributed by atoms with Crippen LogP contribution in [0.2, 0.25) is 0 Å². The van der Waals surface area contributed by atoms with Crippen molar-refractivity contribution in [3.05, 3.63) is 70.3 Å². The maximum atomic E-state index is 2.39. The zero-order chi connectivity index (χ0) is 13.9. The molecule has 0 nitrogen and oxygen atoms in total. The number of benzene rings is 3. The molecule has 0 fully saturated rings. The number of hydrogen-bond donors (Lipinski definition) is 0. The van der Waals surface area contributed by atoms with Crippen molar-refractivity contribution in [1.29, 1.82) is 0 Å². The third-order valence-electron chi connectivity index (χ3n) is 4.85. The van der Waals surface area contributed by atoms with Crippen LogP contribution >= 0.6 is 0 Å². The van der Waals surface area contributed by atoms with Crippen LogP contribution in [0.3, 0.4) is 0 Å². The molecule has 0 saturated heterocycles. The molecule has 0 aromatic heterocycles. The molecule has 3 aromatic rings. The van der Waals surface area contributed by atoms with Gasteiger partial charge >= 0.3 is 0 Å². The van der Waals surface area contributed by atoms with E-state index in [9.17, 15) is 0 Å². The van der Waals surface area contributed by atoms with E-state index in [1.165, 1.54) is 49.7 Å². The lowest BCUT2D eigenvalue weighted by Crippen LogP contribution is -1.89. The topological polar surface area (TPSA) is 0 Å². The van der Waals surface area contributed by atoms with Crippen LogP contribution in [-0.2, 0) is 6.42 Å². The number of rotatable bonds is 0. The Morgan fingerprint density at radius 1 is 0.800 bits per heavy atom. The second kappa shape index (κ2) is 3.96. The minimum absolute atomic E-state index is 1.09. The van der Waals surface area contributed by atoms with Gasteiger partial charge in [0.1, 0.15) is 0 Å². The molecule has 0 spiro atoms. The van der Waals surface area contributed by atoms with Crippen molar-refractivity contribution >= 4 is 10.8 Å². The minimum atomic E-state index is 1.09. The van der Waals surface area contributed by atoms with Gasteiger partial charge < -0.3 is 0 Å². The Morgan fingerprint density at radius 3 is 2.50 bits per heavy atom. The van der Waals surface area contributed by atoms with Crippen molar-refractivity contribution in [1.82, 2.24) is 0 Å². The monoisotopic (exact) mass is 258 g/mol. The van der Waals surface area contributed by atoms with E-state index in [4.69, 9.17) is 0 Å². The summed E-state index contributed by atoms with van der Waals surface area (Å²) in [6.07, 6.45) is 1.09. The Labute approximate surface area is 120 Å². The van der Waals surface area contributed by atoms with E-state index in [1.807, 2.05) is 0 Å². The van der Waals surface area contributed by atoms with Crippen molar-refractivity contribution in [2.75, 3.05) is 0 Å². The first kappa shape index (κ1) is 11.7. The van der Waals surface area contributed by atoms with E-state index in [1.54, 1.807) is 0 Å². The zero-order valence-corrected chi connectivity index (χ0v) is 12.2. The van der Waals surface area contributed by atoms with Gasteiger partial charge in [0.15, 0.2) is 0 Å². The molecule has 0 amide bonds. The van der Waals surface area contributed by atoms with Crippen LogP contribution in [0.15, 0.2) is 42.5 Å². The summed E-state index contributed by atoms with van der Waals surface area (Å²) in [5.41, 5.74) is 10.1. The summed E-state index contributed by atoms with van der Waals surface area (Å²) in [7, 11) is 0. The highest BCUT2D eigenvalue weighted by atomic mass is 14.2. The predicted molar refractivity (Wildman–Crippen MR) is 86.4 cm³/mol. The van der Waals surface area contributed by atoms with Crippen molar-refractivity contribution in [2.45, 2.75) is 27.2 Å². The average Bonchev–Trinajstić information content (AvgIpc) is 2.80. The molecule has 0 atom stereocenters. The Hall–Kier alpha value is -2.08. The molecule has 0 heteroatoms. The summed E-state index contributed by atoms with van der Waals surface area (Å²) in [5, 5.41) is 2.75. The van der Waals surface area contributed by atoms with Gasteiger partial charge in [0.2, 0.25) is 0 Å². The highest BCUT2D eigenvalue weighted by molar-refractivity contribution is 5.94. The van der Waals surface area contributed by atoms with Gasteiger partial charge in [-0.2, -0.15) is 0 Å². The molecule has 20 heavy (non-hydrogen) atoms. The van der Waals surface area contributed by atoms with Gasteiger partial charge in [-0.15, -0.1) is 0 Å². The molecule has 0 radical (unpaired) electrons. The summed E-state index contributed by atoms with van der Waals surface area (Å²) >= 11 is 0. The van der Waals surface area contributed by atoms with Crippen LogP contribution in [0.5, 0.6) is 0 Å². The Kier molecular flexibility index (Phi) is 2.32. The van der Waals surface area contributed by atoms with E-state index < -0.39 is 0 Å². The molecular weight excluding hydrogens is 240 g/mol. The Bertz CT molecular complexity index is 854. The van der Waals surface area contributed by atoms with Crippen molar-refractivity contribution in [2.24, 2.45) is 0 Å². The smallest absolute Gasteiger partial charge is 0.00105 e. The average molecular weight is 258 g/mol. The standard InChI is InChI=1S/C20H18/c1-12-7-8-17-19(14(12)3)10-16-9-15-6-4-5-13(2)18(15)11-20(16)17/h4-9,11H,10H2,1-3H3. The molecule has 0 aliphatic heterocycles. The van der Waals surface area contributed by atoms with Crippen LogP contribution in [-0.4, -0.2) is 0 Å². The number of aryl methyl sites for hydroxylation is 2. The summed E-state index contributed by atoms with van der Waals surface area (Å²) in [4.78, 5) is 0. The maximum Gasteiger partial charge on any atom is -0.00105 e. The summed E-state index contributed by atoms with van der Waals surface area (Å²) < 4.78 is 0. The molecule has 3 aromatic carbocycles. The third-order valence-corrected chi connectivity index (χ3v) is 4.85. The van der Waals surface area contributed by atoms with Gasteiger partial charge in [-0.1, -0.05) is 36.4 Å². The molecule has 98 valence electrons. The highest BCUT2D eigenvalue weighted by Crippen LogP contribution is 2.41. The second-order valence-electron chi connectivity index (χ2n) is 6.02. The van der Waals surface area contributed by atoms with E-state index in [2.05, 4.69) is 63.2 Å². The quantitative estimate of drug-likeness (QED) is 0.399. The number of hydrogen-bond acceptors (Lipinski definition) is 0. The van der Waals surface area contributed by atoms with Crippen molar-refractivity contribution < 1.29 is 0 Å². The summed E-state index contributed by atoms with van der Waals surface area (Å²) in [6.45, 7) is 6.66. The fourth-order valence-corrected chi connectivity index (χ4v) is 3.47. The van der Waals surface area contributed by atoms with Crippen LogP contribution in [0.4, 0.5) is 0 Å². The first-order valence-electron chi connectivity index (χ1n) is 7.27. The van der Waals surface area contributed by atoms with Crippen molar-refractivity contribution in [3.63, 3.8) is 0 Å². The van der Waals surface area contributed by atoms with Crippen molar-refractivity contribution in [3.8, 4) is 11.1 Å². The van der Waals surface area contributed by atoms with E-state index in [0.717, 1.165) is 6.42 Å². The lowest BCUT2D eigenvalue weighted by Gasteiger charge is -2.08. The molecule has 0 unspecified atom stereocenters. The van der Waals surface area contributed by atoms with E-state index in [-0.39, 0.29) is 0 Å². The minimum Gasteiger partial charge on any atom is -0.0614 e. The molecule has 4 rings (SSSR count). The Morgan fingerprint density at radius 2 is 1.65 bits per heavy atom. The van der Waals surface area contributed by atoms with E-state index >= 15 is 0 Å². The molecule has 0 heterocycles. The third kappa shape index (κ3) is 1.48. The molecular formula is C20H18. The van der Waals surface area contributed by atoms with Gasteiger partial charge in [-0.3, -0.25) is 0 Å². The fourth-order valence-electron chi connectivity index (χ4n) is 3.47. The maximum absolute atomic E-state index is 2.39.